The second kappa shape index (κ2) is 5.10. The Labute approximate surface area is 86.3 Å². The molecule has 0 radical (unpaired) electrons. The van der Waals surface area contributed by atoms with Crippen LogP contribution in [0.3, 0.4) is 0 Å². The average Bonchev–Trinajstić information content (AvgIpc) is 2.87. The van der Waals surface area contributed by atoms with Crippen molar-refractivity contribution in [2.75, 3.05) is 19.6 Å². The van der Waals surface area contributed by atoms with Crippen molar-refractivity contribution in [3.05, 3.63) is 0 Å². The predicted molar refractivity (Wildman–Crippen MR) is 57.2 cm³/mol. The van der Waals surface area contributed by atoms with Gasteiger partial charge in [-0.15, -0.1) is 0 Å². The molecule has 0 aromatic heterocycles. The lowest BCUT2D eigenvalue weighted by atomic mass is 10.0. The highest BCUT2D eigenvalue weighted by molar-refractivity contribution is 4.81. The highest BCUT2D eigenvalue weighted by Crippen LogP contribution is 2.18. The third-order valence-electron chi connectivity index (χ3n) is 3.61. The quantitative estimate of drug-likeness (QED) is 0.616. The van der Waals surface area contributed by atoms with Crippen molar-refractivity contribution in [3.63, 3.8) is 0 Å². The van der Waals surface area contributed by atoms with E-state index in [-0.39, 0.29) is 6.10 Å². The first kappa shape index (κ1) is 10.4. The zero-order chi connectivity index (χ0) is 9.80. The van der Waals surface area contributed by atoms with Gasteiger partial charge in [-0.2, -0.15) is 0 Å². The summed E-state index contributed by atoms with van der Waals surface area (Å²) in [6.45, 7) is 2.86. The van der Waals surface area contributed by atoms with Crippen LogP contribution in [0, 0.1) is 5.92 Å². The number of rotatable bonds is 4. The molecule has 82 valence electrons. The average molecular weight is 198 g/mol. The molecular formula is C11H22N2O. The maximum absolute atomic E-state index is 9.91. The van der Waals surface area contributed by atoms with Gasteiger partial charge < -0.3 is 15.7 Å². The third kappa shape index (κ3) is 2.69. The van der Waals surface area contributed by atoms with E-state index < -0.39 is 0 Å². The van der Waals surface area contributed by atoms with E-state index in [4.69, 9.17) is 0 Å². The number of aliphatic hydroxyl groups excluding tert-OH is 1. The fourth-order valence-electron chi connectivity index (χ4n) is 2.59. The smallest absolute Gasteiger partial charge is 0.0705 e. The van der Waals surface area contributed by atoms with E-state index in [0.29, 0.717) is 12.0 Å². The summed E-state index contributed by atoms with van der Waals surface area (Å²) in [6.07, 6.45) is 6.31. The minimum atomic E-state index is -0.148. The van der Waals surface area contributed by atoms with Crippen molar-refractivity contribution in [3.8, 4) is 0 Å². The fourth-order valence-corrected chi connectivity index (χ4v) is 2.59. The Morgan fingerprint density at radius 3 is 2.71 bits per heavy atom. The molecule has 0 aromatic carbocycles. The molecule has 2 atom stereocenters. The van der Waals surface area contributed by atoms with E-state index in [2.05, 4.69) is 10.6 Å². The zero-order valence-electron chi connectivity index (χ0n) is 8.84. The van der Waals surface area contributed by atoms with Crippen LogP contribution in [-0.2, 0) is 0 Å². The van der Waals surface area contributed by atoms with Gasteiger partial charge in [0, 0.05) is 19.1 Å². The Morgan fingerprint density at radius 2 is 2.07 bits per heavy atom. The van der Waals surface area contributed by atoms with E-state index in [1.165, 1.54) is 25.7 Å². The zero-order valence-corrected chi connectivity index (χ0v) is 8.84. The van der Waals surface area contributed by atoms with Crippen molar-refractivity contribution in [1.29, 1.82) is 0 Å². The molecule has 1 saturated heterocycles. The van der Waals surface area contributed by atoms with Gasteiger partial charge in [-0.25, -0.2) is 0 Å². The lowest BCUT2D eigenvalue weighted by Crippen LogP contribution is -2.38. The molecule has 0 bridgehead atoms. The molecule has 0 spiro atoms. The van der Waals surface area contributed by atoms with Gasteiger partial charge in [-0.1, -0.05) is 12.8 Å². The highest BCUT2D eigenvalue weighted by Gasteiger charge is 2.24. The van der Waals surface area contributed by atoms with Crippen molar-refractivity contribution >= 4 is 0 Å². The molecule has 14 heavy (non-hydrogen) atoms. The summed E-state index contributed by atoms with van der Waals surface area (Å²) in [5, 5.41) is 16.7. The van der Waals surface area contributed by atoms with Crippen LogP contribution in [-0.4, -0.2) is 36.9 Å². The van der Waals surface area contributed by atoms with Gasteiger partial charge in [0.1, 0.15) is 0 Å². The number of nitrogens with one attached hydrogen (secondary N) is 2. The normalized spacial score (nSPS) is 31.1. The van der Waals surface area contributed by atoms with Crippen LogP contribution >= 0.6 is 0 Å². The van der Waals surface area contributed by atoms with Crippen molar-refractivity contribution in [2.24, 2.45) is 5.92 Å². The van der Waals surface area contributed by atoms with Gasteiger partial charge in [-0.3, -0.25) is 0 Å². The molecule has 2 fully saturated rings. The Kier molecular flexibility index (Phi) is 3.79. The molecule has 2 aliphatic rings. The minimum Gasteiger partial charge on any atom is -0.391 e. The Morgan fingerprint density at radius 1 is 1.29 bits per heavy atom. The van der Waals surface area contributed by atoms with Crippen LogP contribution in [0.25, 0.3) is 0 Å². The number of hydrogen-bond acceptors (Lipinski definition) is 3. The maximum atomic E-state index is 9.91. The summed E-state index contributed by atoms with van der Waals surface area (Å²) in [5.41, 5.74) is 0. The lowest BCUT2D eigenvalue weighted by Gasteiger charge is -2.20. The van der Waals surface area contributed by atoms with Gasteiger partial charge in [0.25, 0.3) is 0 Å². The number of hydrogen-bond donors (Lipinski definition) is 3. The van der Waals surface area contributed by atoms with Crippen molar-refractivity contribution in [2.45, 2.75) is 44.2 Å². The molecule has 3 nitrogen and oxygen atoms in total. The van der Waals surface area contributed by atoms with Crippen LogP contribution in [0.15, 0.2) is 0 Å². The maximum Gasteiger partial charge on any atom is 0.0705 e. The standard InChI is InChI=1S/C11H22N2O/c14-11(9-5-6-12-7-9)8-13-10-3-1-2-4-10/h9-14H,1-8H2. The molecule has 3 N–H and O–H groups in total. The third-order valence-corrected chi connectivity index (χ3v) is 3.61. The van der Waals surface area contributed by atoms with Gasteiger partial charge in [0.05, 0.1) is 6.10 Å². The van der Waals surface area contributed by atoms with E-state index in [1.807, 2.05) is 0 Å². The summed E-state index contributed by atoms with van der Waals surface area (Å²) in [4.78, 5) is 0. The lowest BCUT2D eigenvalue weighted by molar-refractivity contribution is 0.112. The molecule has 1 aliphatic carbocycles. The monoisotopic (exact) mass is 198 g/mol. The largest absolute Gasteiger partial charge is 0.391 e. The Hall–Kier alpha value is -0.120. The highest BCUT2D eigenvalue weighted by atomic mass is 16.3. The first-order valence-corrected chi connectivity index (χ1v) is 5.98. The molecule has 0 amide bonds. The van der Waals surface area contributed by atoms with E-state index in [0.717, 1.165) is 26.1 Å². The van der Waals surface area contributed by atoms with Crippen LogP contribution < -0.4 is 10.6 Å². The SMILES string of the molecule is OC(CNC1CCCC1)C1CCNC1. The molecule has 2 rings (SSSR count). The summed E-state index contributed by atoms with van der Waals surface area (Å²) in [6, 6.07) is 0.680. The van der Waals surface area contributed by atoms with Gasteiger partial charge in [0.2, 0.25) is 0 Å². The Bertz CT molecular complexity index is 163. The molecule has 0 aromatic rings. The van der Waals surface area contributed by atoms with Crippen LogP contribution in [0.5, 0.6) is 0 Å². The van der Waals surface area contributed by atoms with Gasteiger partial charge in [-0.05, 0) is 31.7 Å². The first-order chi connectivity index (χ1) is 6.86. The van der Waals surface area contributed by atoms with Crippen LogP contribution in [0.2, 0.25) is 0 Å². The van der Waals surface area contributed by atoms with E-state index >= 15 is 0 Å². The molecule has 1 saturated carbocycles. The summed E-state index contributed by atoms with van der Waals surface area (Å²) >= 11 is 0. The van der Waals surface area contributed by atoms with Crippen molar-refractivity contribution < 1.29 is 5.11 Å². The number of aliphatic hydroxyl groups is 1. The summed E-state index contributed by atoms with van der Waals surface area (Å²) < 4.78 is 0. The van der Waals surface area contributed by atoms with Crippen LogP contribution in [0.4, 0.5) is 0 Å². The van der Waals surface area contributed by atoms with Crippen molar-refractivity contribution in [1.82, 2.24) is 10.6 Å². The molecule has 1 heterocycles. The van der Waals surface area contributed by atoms with Gasteiger partial charge in [0.15, 0.2) is 0 Å². The summed E-state index contributed by atoms with van der Waals surface area (Å²) in [5.74, 6) is 0.476. The van der Waals surface area contributed by atoms with Crippen LogP contribution in [0.1, 0.15) is 32.1 Å². The minimum absolute atomic E-state index is 0.148. The Balaban J connectivity index is 1.63. The van der Waals surface area contributed by atoms with Gasteiger partial charge >= 0.3 is 0 Å². The first-order valence-electron chi connectivity index (χ1n) is 5.98. The second-order valence-electron chi connectivity index (χ2n) is 4.71. The van der Waals surface area contributed by atoms with E-state index in [1.54, 1.807) is 0 Å². The van der Waals surface area contributed by atoms with E-state index in [9.17, 15) is 5.11 Å². The predicted octanol–water partition coefficient (Wildman–Crippen LogP) is 0.489. The molecular weight excluding hydrogens is 176 g/mol. The molecule has 3 heteroatoms. The second-order valence-corrected chi connectivity index (χ2v) is 4.71. The molecule has 2 unspecified atom stereocenters. The summed E-state index contributed by atoms with van der Waals surface area (Å²) in [7, 11) is 0. The topological polar surface area (TPSA) is 44.3 Å². The molecule has 1 aliphatic heterocycles. The fraction of sp³-hybridized carbons (Fsp3) is 1.00.